The average molecular weight is 429 g/mol. The van der Waals surface area contributed by atoms with E-state index in [1.54, 1.807) is 27.7 Å². The predicted octanol–water partition coefficient (Wildman–Crippen LogP) is 4.39. The Morgan fingerprint density at radius 2 is 1.84 bits per heavy atom. The van der Waals surface area contributed by atoms with E-state index in [0.29, 0.717) is 0 Å². The van der Waals surface area contributed by atoms with Crippen molar-refractivity contribution in [3.8, 4) is 11.8 Å². The monoisotopic (exact) mass is 428 g/mol. The molecule has 0 aliphatic carbocycles. The lowest BCUT2D eigenvalue weighted by Crippen LogP contribution is -2.32. The number of halogens is 1. The molecule has 2 atom stereocenters. The van der Waals surface area contributed by atoms with E-state index in [-0.39, 0.29) is 13.2 Å². The van der Waals surface area contributed by atoms with Crippen LogP contribution in [0.3, 0.4) is 0 Å². The smallest absolute Gasteiger partial charge is 0.346 e. The summed E-state index contributed by atoms with van der Waals surface area (Å²) in [4.78, 5) is 12.4. The van der Waals surface area contributed by atoms with E-state index in [1.165, 1.54) is 0 Å². The van der Waals surface area contributed by atoms with Crippen LogP contribution in [0.1, 0.15) is 33.3 Å². The normalized spacial score (nSPS) is 22.2. The van der Waals surface area contributed by atoms with Gasteiger partial charge in [-0.1, -0.05) is 24.0 Å². The third-order valence-electron chi connectivity index (χ3n) is 3.86. The van der Waals surface area contributed by atoms with Crippen LogP contribution in [0.4, 0.5) is 0 Å². The number of esters is 1. The molecule has 0 aromatic heterocycles. The zero-order valence-electron chi connectivity index (χ0n) is 14.7. The molecule has 0 bridgehead atoms. The van der Waals surface area contributed by atoms with E-state index in [1.807, 2.05) is 24.3 Å². The van der Waals surface area contributed by atoms with E-state index < -0.39 is 30.7 Å². The molecule has 1 aliphatic rings. The lowest BCUT2D eigenvalue weighted by Gasteiger charge is -2.26. The molecule has 5 nitrogen and oxygen atoms in total. The number of hydrogen-bond acceptors (Lipinski definition) is 5. The molecule has 25 heavy (non-hydrogen) atoms. The van der Waals surface area contributed by atoms with Crippen LogP contribution < -0.4 is 0 Å². The number of carbonyl (C=O) groups excluding carboxylic acids is 1. The SMILES string of the molecule is CCOP(=O)(OCC)C1C(=O)OC(C)(C)C1C#Cc1ccccc1Br. The van der Waals surface area contributed by atoms with Gasteiger partial charge in [0.2, 0.25) is 0 Å². The largest absolute Gasteiger partial charge is 0.458 e. The van der Waals surface area contributed by atoms with Gasteiger partial charge in [-0.25, -0.2) is 0 Å². The number of carbonyl (C=O) groups is 1. The molecule has 0 radical (unpaired) electrons. The summed E-state index contributed by atoms with van der Waals surface area (Å²) in [7, 11) is -3.68. The fourth-order valence-electron chi connectivity index (χ4n) is 2.74. The van der Waals surface area contributed by atoms with Crippen LogP contribution in [0.25, 0.3) is 0 Å². The Kier molecular flexibility index (Phi) is 6.51. The Morgan fingerprint density at radius 3 is 2.40 bits per heavy atom. The Bertz CT molecular complexity index is 739. The van der Waals surface area contributed by atoms with Gasteiger partial charge in [-0.05, 0) is 55.8 Å². The van der Waals surface area contributed by atoms with E-state index in [2.05, 4.69) is 27.8 Å². The Hall–Kier alpha value is -1.12. The molecule has 7 heteroatoms. The van der Waals surface area contributed by atoms with Gasteiger partial charge < -0.3 is 13.8 Å². The standard InChI is InChI=1S/C18H22BrO5P/c1-5-22-25(21,23-6-2)16-14(18(3,4)24-17(16)20)12-11-13-9-7-8-10-15(13)19/h7-10,14,16H,5-6H2,1-4H3. The molecular formula is C18H22BrO5P. The number of rotatable bonds is 5. The van der Waals surface area contributed by atoms with Crippen molar-refractivity contribution in [1.82, 2.24) is 0 Å². The van der Waals surface area contributed by atoms with Gasteiger partial charge in [-0.3, -0.25) is 9.36 Å². The van der Waals surface area contributed by atoms with E-state index in [4.69, 9.17) is 13.8 Å². The number of ether oxygens (including phenoxy) is 1. The maximum absolute atomic E-state index is 13.2. The average Bonchev–Trinajstić information content (AvgIpc) is 2.76. The summed E-state index contributed by atoms with van der Waals surface area (Å²) in [6.45, 7) is 7.27. The summed E-state index contributed by atoms with van der Waals surface area (Å²) in [6.07, 6.45) is 0. The van der Waals surface area contributed by atoms with Gasteiger partial charge in [-0.15, -0.1) is 0 Å². The number of cyclic esters (lactones) is 1. The first-order valence-electron chi connectivity index (χ1n) is 8.13. The molecular weight excluding hydrogens is 407 g/mol. The molecule has 2 rings (SSSR count). The molecule has 1 aromatic rings. The second-order valence-corrected chi connectivity index (χ2v) is 9.08. The maximum atomic E-state index is 13.2. The third kappa shape index (κ3) is 4.35. The summed E-state index contributed by atoms with van der Waals surface area (Å²) >= 11 is 3.45. The summed E-state index contributed by atoms with van der Waals surface area (Å²) in [5.74, 6) is 4.92. The van der Waals surface area contributed by atoms with Crippen molar-refractivity contribution in [1.29, 1.82) is 0 Å². The van der Waals surface area contributed by atoms with Crippen LogP contribution in [0.5, 0.6) is 0 Å². The first kappa shape index (κ1) is 20.2. The van der Waals surface area contributed by atoms with Crippen LogP contribution in [0, 0.1) is 17.8 Å². The Morgan fingerprint density at radius 1 is 1.24 bits per heavy atom. The molecule has 1 aliphatic heterocycles. The number of hydrogen-bond donors (Lipinski definition) is 0. The molecule has 1 fully saturated rings. The minimum atomic E-state index is -3.68. The molecule has 1 aromatic carbocycles. The van der Waals surface area contributed by atoms with Gasteiger partial charge in [0.1, 0.15) is 5.60 Å². The van der Waals surface area contributed by atoms with Crippen molar-refractivity contribution >= 4 is 29.5 Å². The second kappa shape index (κ2) is 8.05. The van der Waals surface area contributed by atoms with Gasteiger partial charge >= 0.3 is 13.6 Å². The number of benzene rings is 1. The lowest BCUT2D eigenvalue weighted by molar-refractivity contribution is -0.146. The Labute approximate surface area is 157 Å². The fraction of sp³-hybridized carbons (Fsp3) is 0.500. The van der Waals surface area contributed by atoms with Crippen molar-refractivity contribution < 1.29 is 23.1 Å². The van der Waals surface area contributed by atoms with Crippen molar-refractivity contribution in [3.05, 3.63) is 34.3 Å². The topological polar surface area (TPSA) is 61.8 Å². The molecule has 0 saturated carbocycles. The quantitative estimate of drug-likeness (QED) is 0.395. The highest BCUT2D eigenvalue weighted by molar-refractivity contribution is 9.10. The van der Waals surface area contributed by atoms with Crippen molar-refractivity contribution in [3.63, 3.8) is 0 Å². The lowest BCUT2D eigenvalue weighted by atomic mass is 9.91. The molecule has 0 N–H and O–H groups in total. The molecule has 0 amide bonds. The zero-order chi connectivity index (χ0) is 18.7. The molecule has 1 heterocycles. The van der Waals surface area contributed by atoms with Gasteiger partial charge in [-0.2, -0.15) is 0 Å². The third-order valence-corrected chi connectivity index (χ3v) is 6.98. The second-order valence-electron chi connectivity index (χ2n) is 6.07. The highest BCUT2D eigenvalue weighted by atomic mass is 79.9. The minimum absolute atomic E-state index is 0.172. The Balaban J connectivity index is 2.46. The molecule has 0 spiro atoms. The van der Waals surface area contributed by atoms with Gasteiger partial charge in [0.25, 0.3) is 0 Å². The van der Waals surface area contributed by atoms with E-state index in [0.717, 1.165) is 10.0 Å². The van der Waals surface area contributed by atoms with Crippen LogP contribution in [-0.2, 0) is 23.1 Å². The van der Waals surface area contributed by atoms with Crippen molar-refractivity contribution in [2.75, 3.05) is 13.2 Å². The molecule has 1 saturated heterocycles. The van der Waals surface area contributed by atoms with Gasteiger partial charge in [0, 0.05) is 10.0 Å². The zero-order valence-corrected chi connectivity index (χ0v) is 17.2. The van der Waals surface area contributed by atoms with Crippen LogP contribution in [-0.4, -0.2) is 30.4 Å². The molecule has 2 unspecified atom stereocenters. The summed E-state index contributed by atoms with van der Waals surface area (Å²) in [5.41, 5.74) is -1.17. The highest BCUT2D eigenvalue weighted by Crippen LogP contribution is 2.60. The minimum Gasteiger partial charge on any atom is -0.458 e. The van der Waals surface area contributed by atoms with Gasteiger partial charge in [0.05, 0.1) is 19.1 Å². The summed E-state index contributed by atoms with van der Waals surface area (Å²) < 4.78 is 30.2. The molecule has 136 valence electrons. The van der Waals surface area contributed by atoms with Crippen LogP contribution >= 0.6 is 23.5 Å². The fourth-order valence-corrected chi connectivity index (χ4v) is 5.35. The predicted molar refractivity (Wildman–Crippen MR) is 99.3 cm³/mol. The maximum Gasteiger partial charge on any atom is 0.346 e. The van der Waals surface area contributed by atoms with Crippen LogP contribution in [0.2, 0.25) is 0 Å². The highest BCUT2D eigenvalue weighted by Gasteiger charge is 2.59. The van der Waals surface area contributed by atoms with E-state index in [9.17, 15) is 9.36 Å². The van der Waals surface area contributed by atoms with Crippen LogP contribution in [0.15, 0.2) is 28.7 Å². The van der Waals surface area contributed by atoms with Gasteiger partial charge in [0.15, 0.2) is 5.66 Å². The summed E-state index contributed by atoms with van der Waals surface area (Å²) in [6, 6.07) is 7.51. The van der Waals surface area contributed by atoms with Crippen molar-refractivity contribution in [2.24, 2.45) is 5.92 Å². The summed E-state index contributed by atoms with van der Waals surface area (Å²) in [5, 5.41) is 0. The first-order chi connectivity index (χ1) is 11.7. The first-order valence-corrected chi connectivity index (χ1v) is 10.5. The van der Waals surface area contributed by atoms with E-state index >= 15 is 0 Å². The van der Waals surface area contributed by atoms with Crippen molar-refractivity contribution in [2.45, 2.75) is 39.0 Å².